The second-order valence-corrected chi connectivity index (χ2v) is 26.0. The number of carbonyl (C=O) groups excluding carboxylic acids is 1. The third-order valence-corrected chi connectivity index (χ3v) is 18.6. The highest BCUT2D eigenvalue weighted by molar-refractivity contribution is 6.31. The van der Waals surface area contributed by atoms with Gasteiger partial charge in [-0.3, -0.25) is 14.9 Å². The van der Waals surface area contributed by atoms with Gasteiger partial charge in [0.2, 0.25) is 5.91 Å². The summed E-state index contributed by atoms with van der Waals surface area (Å²) in [5.74, 6) is 22.7. The van der Waals surface area contributed by atoms with E-state index in [2.05, 4.69) is 136 Å². The lowest BCUT2D eigenvalue weighted by Crippen LogP contribution is -2.18. The van der Waals surface area contributed by atoms with Crippen LogP contribution in [0.1, 0.15) is 16.7 Å². The van der Waals surface area contributed by atoms with E-state index in [9.17, 15) is 32.9 Å². The standard InChI is InChI=1S/C25H21ClFN5O.C22H17ClFN5O2.C22H19ClFN5.C3H4O2/c1-3-24(33)30-21-10-17-22(8-14(21)4-6-16-18-11-32(2)12-19(16)18)28-13-29-25(17)31-23-9-15(26)5-7-20(23)27;1-28-9-16-14(17(16)10-28)4-2-12-6-19-15(8-21(12)29(30)31)22(26-11-25-19)27-20-7-13(23)3-5-18(20)24;1-29-9-16-14(17(16)10-29)4-2-12-6-20-15(8-19(12)25)22(27-11-26-20)28-21-7-13(23)3-5-18(21)24;1-2-3(4)5/h3,5,7-10,13,16,18-19H,1,11-12H2,2H3,(H,30,33)(H,28,29,31);3,5-8,11,14,16-17H,9-10H2,1H3,(H,25,26,27);3,5-8,11,14,16-17H,9-10,25H2,1H3,(H,26,27,28);2H,1H2,(H,4,5)/t16?,18-,19+;2*14?,16-,17+;. The van der Waals surface area contributed by atoms with Gasteiger partial charge in [-0.25, -0.2) is 47.9 Å². The lowest BCUT2D eigenvalue weighted by atomic mass is 10.1. The summed E-state index contributed by atoms with van der Waals surface area (Å²) < 4.78 is 42.5. The highest BCUT2D eigenvalue weighted by atomic mass is 35.5. The number of nitro benzene ring substituents is 1. The van der Waals surface area contributed by atoms with Crippen molar-refractivity contribution in [3.05, 3.63) is 195 Å². The van der Waals surface area contributed by atoms with Crippen molar-refractivity contribution in [2.24, 2.45) is 53.3 Å². The molecule has 9 atom stereocenters. The Hall–Kier alpha value is -10.4. The molecule has 3 saturated heterocycles. The van der Waals surface area contributed by atoms with Crippen LogP contribution >= 0.6 is 34.8 Å². The van der Waals surface area contributed by atoms with Crippen molar-refractivity contribution < 1.29 is 32.8 Å². The molecule has 0 bridgehead atoms. The minimum absolute atomic E-state index is 0.115. The number of hydrogen-bond donors (Lipinski definition) is 6. The number of nitro groups is 1. The van der Waals surface area contributed by atoms with E-state index in [0.717, 1.165) is 50.9 Å². The monoisotopic (exact) mass is 1380 g/mol. The number of likely N-dealkylation sites (tertiary alicyclic amines) is 3. The normalized spacial score (nSPS) is 21.1. The molecule has 7 N–H and O–H groups in total. The number of nitrogens with one attached hydrogen (secondary N) is 4. The summed E-state index contributed by atoms with van der Waals surface area (Å²) in [7, 11) is 6.37. The number of rotatable bonds is 10. The molecule has 3 aliphatic carbocycles. The third-order valence-electron chi connectivity index (χ3n) is 17.9. The molecule has 3 unspecified atom stereocenters. The number of benzene rings is 6. The number of amides is 1. The Balaban J connectivity index is 0.000000135. The first-order chi connectivity index (χ1) is 47.1. The SMILES string of the molecule is C=CC(=O)Nc1cc2c(Nc3cc(Cl)ccc3F)ncnc2cc1C#CC1[C@H]2CN(C)C[C@@H]12.C=CC(=O)O.CN1C[C@@H]2C(C#Cc3cc4ncnc(Nc5cc(Cl)ccc5F)c4cc3N)[C@@H]2C1.CN1C[C@@H]2C(C#Cc3cc4ncnc(Nc5cc(Cl)ccc5F)c4cc3[N+](=O)[O-])[C@@H]2C1. The summed E-state index contributed by atoms with van der Waals surface area (Å²) in [4.78, 5) is 65.1. The second kappa shape index (κ2) is 28.7. The number of hydrogen-bond acceptors (Lipinski definition) is 17. The van der Waals surface area contributed by atoms with E-state index in [0.29, 0.717) is 135 Å². The van der Waals surface area contributed by atoms with Crippen molar-refractivity contribution in [1.29, 1.82) is 0 Å². The maximum absolute atomic E-state index is 14.3. The topological polar surface area (TPSA) is 259 Å². The van der Waals surface area contributed by atoms with Gasteiger partial charge in [0.1, 0.15) is 59.5 Å². The zero-order valence-corrected chi connectivity index (χ0v) is 55.1. The van der Waals surface area contributed by atoms with E-state index < -0.39 is 28.3 Å². The molecule has 496 valence electrons. The van der Waals surface area contributed by atoms with E-state index in [1.807, 2.05) is 12.1 Å². The van der Waals surface area contributed by atoms with Crippen molar-refractivity contribution in [2.75, 3.05) is 87.4 Å². The van der Waals surface area contributed by atoms with Gasteiger partial charge < -0.3 is 46.8 Å². The minimum atomic E-state index is -0.981. The second-order valence-electron chi connectivity index (χ2n) is 24.7. The van der Waals surface area contributed by atoms with Crippen LogP contribution in [0.4, 0.5) is 64.7 Å². The summed E-state index contributed by atoms with van der Waals surface area (Å²) in [5, 5.41) is 33.8. The van der Waals surface area contributed by atoms with Crippen LogP contribution in [0.5, 0.6) is 0 Å². The number of halogens is 6. The number of aliphatic carboxylic acids is 1. The molecule has 3 aliphatic heterocycles. The maximum atomic E-state index is 14.3. The molecule has 1 amide bonds. The number of aromatic nitrogens is 6. The fourth-order valence-electron chi connectivity index (χ4n) is 12.9. The van der Waals surface area contributed by atoms with Crippen molar-refractivity contribution in [2.45, 2.75) is 0 Å². The van der Waals surface area contributed by atoms with Crippen LogP contribution in [0, 0.1) is 116 Å². The number of carbonyl (C=O) groups is 2. The molecular weight excluding hydrogens is 1320 g/mol. The summed E-state index contributed by atoms with van der Waals surface area (Å²) in [6.07, 6.45) is 6.18. The van der Waals surface area contributed by atoms with Crippen LogP contribution in [0.25, 0.3) is 32.7 Å². The van der Waals surface area contributed by atoms with Gasteiger partial charge in [0.05, 0.1) is 49.8 Å². The fraction of sp³-hybridized carbons (Fsp3) is 0.250. The van der Waals surface area contributed by atoms with Crippen molar-refractivity contribution >= 4 is 131 Å². The quantitative estimate of drug-likeness (QED) is 0.0244. The van der Waals surface area contributed by atoms with Crippen LogP contribution in [0.2, 0.25) is 15.1 Å². The van der Waals surface area contributed by atoms with E-state index in [1.54, 1.807) is 18.2 Å². The Morgan fingerprint density at radius 3 is 1.27 bits per heavy atom. The number of fused-ring (bicyclic) bond motifs is 6. The molecule has 6 aliphatic rings. The average Bonchev–Trinajstić information content (AvgIpc) is 0.896. The predicted octanol–water partition coefficient (Wildman–Crippen LogP) is 12.8. The van der Waals surface area contributed by atoms with Gasteiger partial charge in [-0.2, -0.15) is 0 Å². The summed E-state index contributed by atoms with van der Waals surface area (Å²) in [6.45, 7) is 12.9. The molecule has 15 rings (SSSR count). The number of carboxylic acids is 1. The van der Waals surface area contributed by atoms with Crippen molar-refractivity contribution in [3.8, 4) is 35.5 Å². The van der Waals surface area contributed by atoms with Gasteiger partial charge in [0, 0.05) is 112 Å². The smallest absolute Gasteiger partial charge is 0.327 e. The molecule has 3 aromatic heterocycles. The number of nitrogens with two attached hydrogens (primary N) is 1. The maximum Gasteiger partial charge on any atom is 0.327 e. The Morgan fingerprint density at radius 1 is 0.541 bits per heavy atom. The average molecular weight is 1380 g/mol. The minimum Gasteiger partial charge on any atom is -0.478 e. The molecule has 3 saturated carbocycles. The largest absolute Gasteiger partial charge is 0.478 e. The van der Waals surface area contributed by atoms with Gasteiger partial charge in [0.25, 0.3) is 5.69 Å². The molecule has 0 spiro atoms. The van der Waals surface area contributed by atoms with Crippen LogP contribution < -0.4 is 27.0 Å². The molecule has 20 nitrogen and oxygen atoms in total. The molecule has 6 fully saturated rings. The Kier molecular flexibility index (Phi) is 19.8. The molecule has 98 heavy (non-hydrogen) atoms. The number of carboxylic acid groups (broad SMARTS) is 1. The van der Waals surface area contributed by atoms with Crippen molar-refractivity contribution in [3.63, 3.8) is 0 Å². The Morgan fingerprint density at radius 2 is 0.888 bits per heavy atom. The van der Waals surface area contributed by atoms with E-state index in [-0.39, 0.29) is 34.5 Å². The van der Waals surface area contributed by atoms with Crippen LogP contribution in [-0.2, 0) is 9.59 Å². The number of nitrogens with zero attached hydrogens (tertiary/aromatic N) is 10. The predicted molar refractivity (Wildman–Crippen MR) is 375 cm³/mol. The fourth-order valence-corrected chi connectivity index (χ4v) is 13.4. The van der Waals surface area contributed by atoms with Gasteiger partial charge in [-0.05, 0) is 148 Å². The first-order valence-corrected chi connectivity index (χ1v) is 32.0. The van der Waals surface area contributed by atoms with Crippen LogP contribution in [0.15, 0.2) is 135 Å². The lowest BCUT2D eigenvalue weighted by molar-refractivity contribution is -0.385. The summed E-state index contributed by atoms with van der Waals surface area (Å²) in [6, 6.07) is 22.8. The Bertz CT molecular complexity index is 4900. The van der Waals surface area contributed by atoms with E-state index >= 15 is 0 Å². The number of piperidine rings is 3. The molecule has 26 heteroatoms. The van der Waals surface area contributed by atoms with Crippen molar-refractivity contribution in [1.82, 2.24) is 44.6 Å². The number of nitrogen functional groups attached to an aromatic ring is 1. The number of anilines is 8. The first kappa shape index (κ1) is 67.6. The summed E-state index contributed by atoms with van der Waals surface area (Å²) in [5.41, 5.74) is 11.3. The van der Waals surface area contributed by atoms with Crippen LogP contribution in [0.3, 0.4) is 0 Å². The van der Waals surface area contributed by atoms with Crippen LogP contribution in [-0.4, -0.2) is 127 Å². The van der Waals surface area contributed by atoms with Gasteiger partial charge in [-0.15, -0.1) is 0 Å². The highest BCUT2D eigenvalue weighted by Gasteiger charge is 2.55. The lowest BCUT2D eigenvalue weighted by Gasteiger charge is -2.12. The van der Waals surface area contributed by atoms with E-state index in [1.165, 1.54) is 85.7 Å². The summed E-state index contributed by atoms with van der Waals surface area (Å²) >= 11 is 17.9. The highest BCUT2D eigenvalue weighted by Crippen LogP contribution is 2.53. The molecule has 6 aromatic carbocycles. The molecule has 6 heterocycles. The van der Waals surface area contributed by atoms with Gasteiger partial charge in [0.15, 0.2) is 0 Å². The molecule has 0 radical (unpaired) electrons. The zero-order chi connectivity index (χ0) is 69.2. The van der Waals surface area contributed by atoms with E-state index in [4.69, 9.17) is 45.6 Å². The molecule has 9 aromatic rings. The molecular formula is C72H61Cl3F3N15O5. The Labute approximate surface area is 576 Å². The zero-order valence-electron chi connectivity index (χ0n) is 52.8. The first-order valence-electron chi connectivity index (χ1n) is 30.9. The van der Waals surface area contributed by atoms with Gasteiger partial charge >= 0.3 is 5.97 Å². The third kappa shape index (κ3) is 15.4. The van der Waals surface area contributed by atoms with Gasteiger partial charge in [-0.1, -0.05) is 83.5 Å².